The third-order valence-electron chi connectivity index (χ3n) is 4.29. The van der Waals surface area contributed by atoms with Crippen LogP contribution in [-0.2, 0) is 4.79 Å². The highest BCUT2D eigenvalue weighted by Gasteiger charge is 2.32. The minimum absolute atomic E-state index is 0.0917. The fourth-order valence-electron chi connectivity index (χ4n) is 2.99. The zero-order valence-corrected chi connectivity index (χ0v) is 18.8. The molecule has 9 heteroatoms. The Kier molecular flexibility index (Phi) is 6.19. The lowest BCUT2D eigenvalue weighted by atomic mass is 10.3. The number of rotatable bonds is 6. The molecule has 1 amide bonds. The van der Waals surface area contributed by atoms with E-state index in [0.717, 1.165) is 21.7 Å². The zero-order chi connectivity index (χ0) is 20.4. The van der Waals surface area contributed by atoms with Crippen molar-refractivity contribution in [2.45, 2.75) is 18.5 Å². The quantitative estimate of drug-likeness (QED) is 0.289. The summed E-state index contributed by atoms with van der Waals surface area (Å²) >= 11 is 9.76. The van der Waals surface area contributed by atoms with Crippen LogP contribution in [0.3, 0.4) is 0 Å². The lowest BCUT2D eigenvalue weighted by Crippen LogP contribution is -2.31. The third kappa shape index (κ3) is 4.18. The van der Waals surface area contributed by atoms with Crippen molar-refractivity contribution in [3.63, 3.8) is 0 Å². The van der Waals surface area contributed by atoms with Gasteiger partial charge < -0.3 is 0 Å². The number of aromatic nitrogens is 2. The summed E-state index contributed by atoms with van der Waals surface area (Å²) in [5.74, 6) is 0.588. The van der Waals surface area contributed by atoms with Crippen LogP contribution in [0.5, 0.6) is 0 Å². The molecule has 0 saturated carbocycles. The van der Waals surface area contributed by atoms with Gasteiger partial charge in [0.25, 0.3) is 5.91 Å². The predicted octanol–water partition coefficient (Wildman–Crippen LogP) is 5.14. The maximum absolute atomic E-state index is 13.0. The zero-order valence-electron chi connectivity index (χ0n) is 15.5. The lowest BCUT2D eigenvalue weighted by Gasteiger charge is -2.14. The topological polar surface area (TPSA) is 55.2 Å². The molecular weight excluding hydrogens is 443 g/mol. The number of carbonyl (C=O) groups is 2. The number of imidazole rings is 1. The summed E-state index contributed by atoms with van der Waals surface area (Å²) in [4.78, 5) is 33.5. The number of hydrogen-bond acceptors (Lipinski definition) is 7. The van der Waals surface area contributed by atoms with Crippen molar-refractivity contribution in [3.05, 3.63) is 51.6 Å². The molecule has 0 radical (unpaired) electrons. The number of thiophene rings is 1. The first-order valence-electron chi connectivity index (χ1n) is 9.01. The van der Waals surface area contributed by atoms with Crippen molar-refractivity contribution in [3.8, 4) is 0 Å². The smallest absolute Gasteiger partial charge is 0.266 e. The van der Waals surface area contributed by atoms with E-state index in [1.807, 2.05) is 54.8 Å². The largest absolute Gasteiger partial charge is 0.292 e. The minimum atomic E-state index is -0.139. The van der Waals surface area contributed by atoms with Gasteiger partial charge in [-0.05, 0) is 35.4 Å². The van der Waals surface area contributed by atoms with E-state index in [4.69, 9.17) is 12.2 Å². The molecule has 148 valence electrons. The van der Waals surface area contributed by atoms with E-state index in [2.05, 4.69) is 4.98 Å². The van der Waals surface area contributed by atoms with Crippen LogP contribution < -0.4 is 0 Å². The summed E-state index contributed by atoms with van der Waals surface area (Å²) in [6.07, 6.45) is 2.03. The van der Waals surface area contributed by atoms with Crippen LogP contribution in [0.15, 0.2) is 51.8 Å². The van der Waals surface area contributed by atoms with Gasteiger partial charge in [-0.25, -0.2) is 4.98 Å². The minimum Gasteiger partial charge on any atom is -0.292 e. The number of carbonyl (C=O) groups excluding carboxylic acids is 2. The first-order valence-corrected chi connectivity index (χ1v) is 12.1. The number of thioether (sulfide) groups is 2. The summed E-state index contributed by atoms with van der Waals surface area (Å²) in [5, 5.41) is 2.65. The van der Waals surface area contributed by atoms with Gasteiger partial charge in [0, 0.05) is 17.8 Å². The summed E-state index contributed by atoms with van der Waals surface area (Å²) in [5.41, 5.74) is 1.58. The van der Waals surface area contributed by atoms with Crippen LogP contribution >= 0.6 is 47.1 Å². The van der Waals surface area contributed by atoms with Crippen LogP contribution in [-0.4, -0.2) is 42.9 Å². The van der Waals surface area contributed by atoms with Gasteiger partial charge in [-0.15, -0.1) is 11.3 Å². The molecule has 1 aliphatic rings. The van der Waals surface area contributed by atoms with Crippen LogP contribution in [0, 0.1) is 0 Å². The molecule has 0 N–H and O–H groups in total. The molecule has 4 rings (SSSR count). The number of amides is 1. The Labute approximate surface area is 186 Å². The Morgan fingerprint density at radius 2 is 2.10 bits per heavy atom. The Morgan fingerprint density at radius 3 is 2.86 bits per heavy atom. The molecular formula is C20H17N3O2S4. The fourth-order valence-corrected chi connectivity index (χ4v) is 5.77. The van der Waals surface area contributed by atoms with Gasteiger partial charge in [-0.2, -0.15) is 0 Å². The Morgan fingerprint density at radius 1 is 1.28 bits per heavy atom. The highest BCUT2D eigenvalue weighted by molar-refractivity contribution is 8.26. The second-order valence-electron chi connectivity index (χ2n) is 6.14. The maximum Gasteiger partial charge on any atom is 0.266 e. The monoisotopic (exact) mass is 459 g/mol. The van der Waals surface area contributed by atoms with Crippen molar-refractivity contribution in [2.75, 3.05) is 12.3 Å². The second kappa shape index (κ2) is 8.83. The standard InChI is InChI=1S/C20H17N3O2S4/c1-2-27-19-21-14-7-3-4-8-15(14)23(19)17(24)9-10-22-18(25)16(29-20(22)26)12-13-6-5-11-28-13/h3-8,11-12H,2,9-10H2,1H3. The fraction of sp³-hybridized carbons (Fsp3) is 0.200. The van der Waals surface area contributed by atoms with Crippen LogP contribution in [0.25, 0.3) is 17.1 Å². The van der Waals surface area contributed by atoms with Crippen molar-refractivity contribution < 1.29 is 9.59 Å². The molecule has 0 bridgehead atoms. The average molecular weight is 460 g/mol. The molecule has 1 aliphatic heterocycles. The van der Waals surface area contributed by atoms with E-state index in [1.165, 1.54) is 28.4 Å². The molecule has 3 heterocycles. The van der Waals surface area contributed by atoms with Crippen LogP contribution in [0.4, 0.5) is 0 Å². The number of hydrogen-bond donors (Lipinski definition) is 0. The van der Waals surface area contributed by atoms with Gasteiger partial charge in [0.1, 0.15) is 4.32 Å². The number of nitrogens with zero attached hydrogens (tertiary/aromatic N) is 3. The number of benzene rings is 1. The van der Waals surface area contributed by atoms with Gasteiger partial charge in [-0.3, -0.25) is 19.1 Å². The molecule has 1 fully saturated rings. The Bertz CT molecular complexity index is 1120. The van der Waals surface area contributed by atoms with E-state index in [-0.39, 0.29) is 24.8 Å². The molecule has 0 unspecified atom stereocenters. The van der Waals surface area contributed by atoms with E-state index in [0.29, 0.717) is 14.4 Å². The normalized spacial score (nSPS) is 15.8. The highest BCUT2D eigenvalue weighted by Crippen LogP contribution is 2.33. The van der Waals surface area contributed by atoms with Gasteiger partial charge in [0.05, 0.1) is 15.9 Å². The molecule has 2 aromatic heterocycles. The first-order chi connectivity index (χ1) is 14.1. The van der Waals surface area contributed by atoms with Crippen molar-refractivity contribution in [1.82, 2.24) is 14.5 Å². The molecule has 5 nitrogen and oxygen atoms in total. The van der Waals surface area contributed by atoms with E-state index < -0.39 is 0 Å². The van der Waals surface area contributed by atoms with Crippen LogP contribution in [0.2, 0.25) is 0 Å². The summed E-state index contributed by atoms with van der Waals surface area (Å²) in [7, 11) is 0. The molecule has 1 aromatic carbocycles. The number of fused-ring (bicyclic) bond motifs is 1. The van der Waals surface area contributed by atoms with Gasteiger partial charge in [0.15, 0.2) is 5.16 Å². The van der Waals surface area contributed by atoms with E-state index in [1.54, 1.807) is 15.9 Å². The summed E-state index contributed by atoms with van der Waals surface area (Å²) < 4.78 is 2.15. The predicted molar refractivity (Wildman–Crippen MR) is 126 cm³/mol. The van der Waals surface area contributed by atoms with Crippen molar-refractivity contribution in [1.29, 1.82) is 0 Å². The number of thiocarbonyl (C=S) groups is 1. The van der Waals surface area contributed by atoms with Crippen LogP contribution in [0.1, 0.15) is 23.0 Å². The molecule has 1 saturated heterocycles. The van der Waals surface area contributed by atoms with E-state index in [9.17, 15) is 9.59 Å². The Balaban J connectivity index is 1.52. The summed E-state index contributed by atoms with van der Waals surface area (Å²) in [6, 6.07) is 11.5. The highest BCUT2D eigenvalue weighted by atomic mass is 32.2. The van der Waals surface area contributed by atoms with Gasteiger partial charge in [-0.1, -0.05) is 60.9 Å². The average Bonchev–Trinajstić information content (AvgIpc) is 3.40. The van der Waals surface area contributed by atoms with E-state index >= 15 is 0 Å². The molecule has 0 atom stereocenters. The summed E-state index contributed by atoms with van der Waals surface area (Å²) in [6.45, 7) is 2.28. The maximum atomic E-state index is 13.0. The van der Waals surface area contributed by atoms with Gasteiger partial charge in [0.2, 0.25) is 5.91 Å². The molecule has 0 aliphatic carbocycles. The lowest BCUT2D eigenvalue weighted by molar-refractivity contribution is -0.122. The van der Waals surface area contributed by atoms with Crippen molar-refractivity contribution >= 4 is 80.3 Å². The number of para-hydroxylation sites is 2. The second-order valence-corrected chi connectivity index (χ2v) is 10.0. The first kappa shape index (κ1) is 20.3. The molecule has 3 aromatic rings. The molecule has 0 spiro atoms. The SMILES string of the molecule is CCSc1nc2ccccc2n1C(=O)CCN1C(=O)C(=Cc2cccs2)SC1=S. The Hall–Kier alpha value is -1.94. The molecule has 29 heavy (non-hydrogen) atoms. The third-order valence-corrected chi connectivity index (χ3v) is 7.31. The van der Waals surface area contributed by atoms with Crippen molar-refractivity contribution in [2.24, 2.45) is 0 Å². The van der Waals surface area contributed by atoms with Gasteiger partial charge >= 0.3 is 0 Å².